The number of halogens is 6. The van der Waals surface area contributed by atoms with Gasteiger partial charge in [-0.2, -0.15) is 34.8 Å². The molecule has 0 aliphatic heterocycles. The molecule has 0 radical (unpaired) electrons. The van der Waals surface area contributed by atoms with Crippen LogP contribution in [0.2, 0.25) is 0 Å². The average Bonchev–Trinajstić information content (AvgIpc) is 2.62. The van der Waals surface area contributed by atoms with Gasteiger partial charge in [-0.05, 0) is 33.6 Å². The summed E-state index contributed by atoms with van der Waals surface area (Å²) >= 11 is 0. The molecule has 206 valence electrons. The number of hydrogen-bond donors (Lipinski definition) is 0. The third-order valence-electron chi connectivity index (χ3n) is 4.66. The van der Waals surface area contributed by atoms with Crippen molar-refractivity contribution in [2.45, 2.75) is 80.2 Å². The summed E-state index contributed by atoms with van der Waals surface area (Å²) in [5, 5.41) is -17.6. The molecule has 35 heavy (non-hydrogen) atoms. The lowest BCUT2D eigenvalue weighted by Gasteiger charge is -2.35. The first-order chi connectivity index (χ1) is 15.3. The van der Waals surface area contributed by atoms with Crippen LogP contribution in [0.3, 0.4) is 0 Å². The second-order valence-electron chi connectivity index (χ2n) is 8.56. The Bertz CT molecular complexity index is 1160. The SMILES string of the molecule is CN(S(=O)(=O)OC(C)(C)C)S(=O)(=O)C(F)(F)C(F)(F)C(F)(F)S(=O)(=O)C1C(=O)CCCCCC1=O. The first-order valence-corrected chi connectivity index (χ1v) is 14.0. The van der Waals surface area contributed by atoms with Gasteiger partial charge in [-0.1, -0.05) is 10.1 Å². The summed E-state index contributed by atoms with van der Waals surface area (Å²) in [7, 11) is -20.5. The maximum Gasteiger partial charge on any atom is 0.429 e. The fourth-order valence-electron chi connectivity index (χ4n) is 2.87. The number of ketones is 2. The first kappa shape index (κ1) is 31.7. The van der Waals surface area contributed by atoms with Crippen LogP contribution in [0.1, 0.15) is 52.9 Å². The van der Waals surface area contributed by atoms with E-state index in [1.165, 1.54) is 0 Å². The van der Waals surface area contributed by atoms with E-state index in [0.717, 1.165) is 20.8 Å². The van der Waals surface area contributed by atoms with E-state index in [1.54, 1.807) is 0 Å². The van der Waals surface area contributed by atoms with Crippen molar-refractivity contribution in [2.75, 3.05) is 7.05 Å². The van der Waals surface area contributed by atoms with Crippen molar-refractivity contribution in [3.8, 4) is 0 Å². The Hall–Kier alpha value is -1.31. The largest absolute Gasteiger partial charge is 0.429 e. The standard InChI is InChI=1S/C16H23F6NO9S3/c1-13(2,3)32-35(30,31)23(4)34(28,29)16(21,22)14(17,18)15(19,20)33(26,27)12-10(24)8-6-5-7-9-11(12)25/h12H,5-9H2,1-4H3. The zero-order valence-electron chi connectivity index (χ0n) is 18.7. The number of alkyl halides is 6. The predicted molar refractivity (Wildman–Crippen MR) is 107 cm³/mol. The Morgan fingerprint density at radius 1 is 0.771 bits per heavy atom. The Kier molecular flexibility index (Phi) is 8.64. The second-order valence-corrected chi connectivity index (χ2v) is 14.5. The van der Waals surface area contributed by atoms with Crippen molar-refractivity contribution in [1.82, 2.24) is 3.71 Å². The Morgan fingerprint density at radius 3 is 1.54 bits per heavy atom. The van der Waals surface area contributed by atoms with Crippen LogP contribution in [0.5, 0.6) is 0 Å². The highest BCUT2D eigenvalue weighted by molar-refractivity contribution is 8.02. The molecule has 1 aliphatic carbocycles. The summed E-state index contributed by atoms with van der Waals surface area (Å²) in [6.45, 7) is 2.96. The maximum absolute atomic E-state index is 14.6. The molecule has 0 atom stereocenters. The molecule has 0 aromatic heterocycles. The molecular formula is C16H23F6NO9S3. The van der Waals surface area contributed by atoms with Gasteiger partial charge in [0.05, 0.1) is 5.60 Å². The molecule has 1 saturated carbocycles. The van der Waals surface area contributed by atoms with Crippen LogP contribution in [0.15, 0.2) is 0 Å². The molecule has 1 fully saturated rings. The number of nitrogens with zero attached hydrogens (tertiary/aromatic N) is 1. The van der Waals surface area contributed by atoms with Crippen LogP contribution in [0.4, 0.5) is 26.3 Å². The van der Waals surface area contributed by atoms with Gasteiger partial charge in [-0.3, -0.25) is 13.8 Å². The molecule has 0 unspecified atom stereocenters. The van der Waals surface area contributed by atoms with Crippen molar-refractivity contribution < 1.29 is 65.4 Å². The number of hydrogen-bond acceptors (Lipinski definition) is 9. The predicted octanol–water partition coefficient (Wildman–Crippen LogP) is 2.01. The van der Waals surface area contributed by atoms with Gasteiger partial charge < -0.3 is 0 Å². The van der Waals surface area contributed by atoms with E-state index >= 15 is 0 Å². The molecule has 0 heterocycles. The number of rotatable bonds is 8. The summed E-state index contributed by atoms with van der Waals surface area (Å²) in [6.07, 6.45) is -1.68. The van der Waals surface area contributed by atoms with Crippen LogP contribution < -0.4 is 0 Å². The number of sulfonamides is 1. The first-order valence-electron chi connectivity index (χ1n) is 9.65. The van der Waals surface area contributed by atoms with Crippen molar-refractivity contribution in [1.29, 1.82) is 0 Å². The lowest BCUT2D eigenvalue weighted by molar-refractivity contribution is -0.244. The van der Waals surface area contributed by atoms with Gasteiger partial charge in [-0.15, -0.1) is 0 Å². The molecular weight excluding hydrogens is 560 g/mol. The minimum absolute atomic E-state index is 0.110. The molecule has 0 saturated heterocycles. The molecule has 0 spiro atoms. The molecule has 19 heteroatoms. The van der Waals surface area contributed by atoms with Gasteiger partial charge in [0.15, 0.2) is 16.8 Å². The van der Waals surface area contributed by atoms with E-state index in [1.807, 2.05) is 0 Å². The lowest BCUT2D eigenvalue weighted by atomic mass is 9.98. The molecule has 0 aromatic rings. The molecule has 10 nitrogen and oxygen atoms in total. The zero-order chi connectivity index (χ0) is 28.1. The minimum Gasteiger partial charge on any atom is -0.298 e. The Morgan fingerprint density at radius 2 is 1.17 bits per heavy atom. The van der Waals surface area contributed by atoms with E-state index in [9.17, 15) is 61.2 Å². The van der Waals surface area contributed by atoms with Crippen LogP contribution in [0, 0.1) is 0 Å². The second kappa shape index (κ2) is 9.53. The van der Waals surface area contributed by atoms with Gasteiger partial charge >= 0.3 is 36.8 Å². The monoisotopic (exact) mass is 583 g/mol. The van der Waals surface area contributed by atoms with Crippen LogP contribution >= 0.6 is 0 Å². The van der Waals surface area contributed by atoms with Crippen molar-refractivity contribution in [3.05, 3.63) is 0 Å². The normalized spacial score (nSPS) is 19.1. The third-order valence-corrected chi connectivity index (χ3v) is 10.8. The number of sulfone groups is 1. The van der Waals surface area contributed by atoms with Gasteiger partial charge in [0, 0.05) is 19.9 Å². The third kappa shape index (κ3) is 5.52. The van der Waals surface area contributed by atoms with Crippen molar-refractivity contribution in [3.63, 3.8) is 0 Å². The average molecular weight is 584 g/mol. The van der Waals surface area contributed by atoms with E-state index in [4.69, 9.17) is 0 Å². The smallest absolute Gasteiger partial charge is 0.298 e. The number of carbonyl (C=O) groups excluding carboxylic acids is 2. The summed E-state index contributed by atoms with van der Waals surface area (Å²) in [6, 6.07) is 0. The van der Waals surface area contributed by atoms with Crippen LogP contribution in [-0.2, 0) is 43.9 Å². The van der Waals surface area contributed by atoms with E-state index in [2.05, 4.69) is 4.18 Å². The fraction of sp³-hybridized carbons (Fsp3) is 0.875. The summed E-state index contributed by atoms with van der Waals surface area (Å²) in [4.78, 5) is 24.1. The van der Waals surface area contributed by atoms with Crippen LogP contribution in [0.25, 0.3) is 0 Å². The van der Waals surface area contributed by atoms with Gasteiger partial charge in [0.1, 0.15) is 0 Å². The van der Waals surface area contributed by atoms with E-state index in [0.29, 0.717) is 0 Å². The van der Waals surface area contributed by atoms with Crippen molar-refractivity contribution in [2.24, 2.45) is 0 Å². The highest BCUT2D eigenvalue weighted by Crippen LogP contribution is 2.53. The Balaban J connectivity index is 3.66. The number of Topliss-reactive ketones (excluding diaryl/α,β-unsaturated/α-hetero) is 2. The zero-order valence-corrected chi connectivity index (χ0v) is 21.2. The molecule has 0 amide bonds. The maximum atomic E-state index is 14.6. The minimum atomic E-state index is -7.36. The highest BCUT2D eigenvalue weighted by atomic mass is 32.3. The summed E-state index contributed by atoms with van der Waals surface area (Å²) in [5.74, 6) is -10.9. The molecule has 0 N–H and O–H groups in total. The molecule has 1 aliphatic rings. The van der Waals surface area contributed by atoms with Gasteiger partial charge in [0.2, 0.25) is 9.84 Å². The molecule has 0 aromatic carbocycles. The van der Waals surface area contributed by atoms with Gasteiger partial charge in [0.25, 0.3) is 0 Å². The summed E-state index contributed by atoms with van der Waals surface area (Å²) in [5.41, 5.74) is -1.80. The molecule has 1 rings (SSSR count). The quantitative estimate of drug-likeness (QED) is 0.309. The lowest BCUT2D eigenvalue weighted by Crippen LogP contribution is -2.65. The van der Waals surface area contributed by atoms with Gasteiger partial charge in [-0.25, -0.2) is 16.8 Å². The summed E-state index contributed by atoms with van der Waals surface area (Å²) < 4.78 is 163. The topological polar surface area (TPSA) is 149 Å². The van der Waals surface area contributed by atoms with E-state index in [-0.39, 0.29) is 26.3 Å². The fourth-order valence-corrected chi connectivity index (χ4v) is 7.49. The van der Waals surface area contributed by atoms with Crippen molar-refractivity contribution >= 4 is 41.7 Å². The molecule has 0 bridgehead atoms. The highest BCUT2D eigenvalue weighted by Gasteiger charge is 2.84. The number of carbonyl (C=O) groups is 2. The van der Waals surface area contributed by atoms with Crippen LogP contribution in [-0.4, -0.2) is 74.9 Å². The van der Waals surface area contributed by atoms with E-state index < -0.39 is 85.6 Å². The Labute approximate surface area is 198 Å².